The van der Waals surface area contributed by atoms with E-state index in [1.54, 1.807) is 0 Å². The van der Waals surface area contributed by atoms with Crippen LogP contribution in [0.5, 0.6) is 0 Å². The Balaban J connectivity index is 2.21. The van der Waals surface area contributed by atoms with Gasteiger partial charge in [0.05, 0.1) is 0 Å². The SMILES string of the molecule is O[C@@]1(C#CCl)C[C@H]2CC[C@H]1C2. The third kappa shape index (κ3) is 1.06. The van der Waals surface area contributed by atoms with E-state index >= 15 is 0 Å². The zero-order valence-electron chi connectivity index (χ0n) is 6.31. The first-order chi connectivity index (χ1) is 5.24. The van der Waals surface area contributed by atoms with Crippen molar-refractivity contribution in [2.45, 2.75) is 31.3 Å². The Morgan fingerprint density at radius 3 is 2.73 bits per heavy atom. The van der Waals surface area contributed by atoms with Crippen LogP contribution in [0.15, 0.2) is 0 Å². The summed E-state index contributed by atoms with van der Waals surface area (Å²) in [5.41, 5.74) is -0.731. The Kier molecular flexibility index (Phi) is 1.63. The molecule has 0 radical (unpaired) electrons. The normalized spacial score (nSPS) is 47.1. The predicted octanol–water partition coefficient (Wildman–Crippen LogP) is 1.74. The molecule has 1 N–H and O–H groups in total. The van der Waals surface area contributed by atoms with Crippen molar-refractivity contribution in [3.8, 4) is 11.3 Å². The minimum Gasteiger partial charge on any atom is -0.377 e. The first-order valence-electron chi connectivity index (χ1n) is 4.10. The molecule has 2 aliphatic rings. The van der Waals surface area contributed by atoms with Crippen LogP contribution in [0.4, 0.5) is 0 Å². The van der Waals surface area contributed by atoms with Gasteiger partial charge in [-0.1, -0.05) is 5.92 Å². The second-order valence-corrected chi connectivity index (χ2v) is 3.91. The third-order valence-corrected chi connectivity index (χ3v) is 3.17. The molecular weight excluding hydrogens is 160 g/mol. The molecule has 0 amide bonds. The molecule has 1 nitrogen and oxygen atoms in total. The van der Waals surface area contributed by atoms with E-state index in [2.05, 4.69) is 11.3 Å². The average Bonchev–Trinajstić information content (AvgIpc) is 2.45. The molecule has 0 aromatic carbocycles. The highest BCUT2D eigenvalue weighted by Gasteiger charge is 2.49. The molecule has 0 heterocycles. The first-order valence-corrected chi connectivity index (χ1v) is 4.47. The van der Waals surface area contributed by atoms with Gasteiger partial charge in [-0.25, -0.2) is 0 Å². The Morgan fingerprint density at radius 1 is 1.45 bits per heavy atom. The molecule has 2 saturated carbocycles. The Bertz CT molecular complexity index is 227. The fourth-order valence-corrected chi connectivity index (χ4v) is 2.70. The van der Waals surface area contributed by atoms with Crippen LogP contribution < -0.4 is 0 Å². The molecule has 0 aliphatic heterocycles. The number of rotatable bonds is 0. The summed E-state index contributed by atoms with van der Waals surface area (Å²) in [4.78, 5) is 0. The zero-order chi connectivity index (χ0) is 7.90. The van der Waals surface area contributed by atoms with E-state index in [-0.39, 0.29) is 0 Å². The van der Waals surface area contributed by atoms with Gasteiger partial charge in [-0.15, -0.1) is 0 Å². The lowest BCUT2D eigenvalue weighted by molar-refractivity contribution is 0.0438. The molecule has 0 spiro atoms. The maximum atomic E-state index is 9.92. The largest absolute Gasteiger partial charge is 0.377 e. The Labute approximate surface area is 71.7 Å². The second-order valence-electron chi connectivity index (χ2n) is 3.72. The van der Waals surface area contributed by atoms with Crippen LogP contribution in [0.2, 0.25) is 0 Å². The van der Waals surface area contributed by atoms with Gasteiger partial charge >= 0.3 is 0 Å². The van der Waals surface area contributed by atoms with Crippen LogP contribution in [0.3, 0.4) is 0 Å². The lowest BCUT2D eigenvalue weighted by atomic mass is 9.85. The maximum absolute atomic E-state index is 9.92. The quantitative estimate of drug-likeness (QED) is 0.549. The molecule has 0 saturated heterocycles. The molecule has 0 aromatic rings. The molecule has 3 atom stereocenters. The highest BCUT2D eigenvalue weighted by molar-refractivity contribution is 6.30. The van der Waals surface area contributed by atoms with Crippen molar-refractivity contribution in [3.05, 3.63) is 0 Å². The zero-order valence-corrected chi connectivity index (χ0v) is 7.06. The number of fused-ring (bicyclic) bond motifs is 2. The topological polar surface area (TPSA) is 20.2 Å². The highest BCUT2D eigenvalue weighted by Crippen LogP contribution is 2.50. The van der Waals surface area contributed by atoms with Gasteiger partial charge in [0.25, 0.3) is 0 Å². The smallest absolute Gasteiger partial charge is 0.129 e. The van der Waals surface area contributed by atoms with Crippen LogP contribution in [0.25, 0.3) is 0 Å². The van der Waals surface area contributed by atoms with E-state index in [1.807, 2.05) is 0 Å². The fraction of sp³-hybridized carbons (Fsp3) is 0.778. The minimum absolute atomic E-state index is 0.402. The summed E-state index contributed by atoms with van der Waals surface area (Å²) in [5.74, 6) is 3.84. The summed E-state index contributed by atoms with van der Waals surface area (Å²) in [6, 6.07) is 0. The summed E-state index contributed by atoms with van der Waals surface area (Å²) in [5, 5.41) is 12.2. The summed E-state index contributed by atoms with van der Waals surface area (Å²) < 4.78 is 0. The van der Waals surface area contributed by atoms with Gasteiger partial charge in [0.15, 0.2) is 0 Å². The van der Waals surface area contributed by atoms with E-state index in [0.29, 0.717) is 11.8 Å². The minimum atomic E-state index is -0.731. The van der Waals surface area contributed by atoms with E-state index < -0.39 is 5.60 Å². The molecular formula is C9H11ClO. The molecule has 2 bridgehead atoms. The van der Waals surface area contributed by atoms with E-state index in [1.165, 1.54) is 6.42 Å². The Morgan fingerprint density at radius 2 is 2.27 bits per heavy atom. The Hall–Kier alpha value is -0.190. The van der Waals surface area contributed by atoms with Crippen molar-refractivity contribution in [2.24, 2.45) is 11.8 Å². The highest BCUT2D eigenvalue weighted by atomic mass is 35.5. The lowest BCUT2D eigenvalue weighted by Gasteiger charge is -2.26. The maximum Gasteiger partial charge on any atom is 0.129 e. The average molecular weight is 171 g/mol. The van der Waals surface area contributed by atoms with E-state index in [4.69, 9.17) is 11.6 Å². The molecule has 2 heteroatoms. The van der Waals surface area contributed by atoms with Crippen LogP contribution in [-0.2, 0) is 0 Å². The van der Waals surface area contributed by atoms with Gasteiger partial charge in [0.1, 0.15) is 5.60 Å². The summed E-state index contributed by atoms with van der Waals surface area (Å²) in [7, 11) is 0. The summed E-state index contributed by atoms with van der Waals surface area (Å²) >= 11 is 5.29. The first kappa shape index (κ1) is 7.46. The number of hydrogen-bond acceptors (Lipinski definition) is 1. The van der Waals surface area contributed by atoms with Gasteiger partial charge < -0.3 is 5.11 Å². The summed E-state index contributed by atoms with van der Waals surface area (Å²) in [6.07, 6.45) is 4.41. The molecule has 2 fully saturated rings. The lowest BCUT2D eigenvalue weighted by Crippen LogP contribution is -2.32. The van der Waals surface area contributed by atoms with Crippen molar-refractivity contribution in [3.63, 3.8) is 0 Å². The van der Waals surface area contributed by atoms with Crippen molar-refractivity contribution < 1.29 is 5.11 Å². The standard InChI is InChI=1S/C9H11ClO/c10-4-3-9(11)6-7-1-2-8(9)5-7/h7-8,11H,1-2,5-6H2/t7-,8-,9-/m0/s1. The van der Waals surface area contributed by atoms with Gasteiger partial charge in [-0.3, -0.25) is 0 Å². The van der Waals surface area contributed by atoms with Gasteiger partial charge in [0.2, 0.25) is 0 Å². The second kappa shape index (κ2) is 2.40. The van der Waals surface area contributed by atoms with Crippen molar-refractivity contribution in [1.29, 1.82) is 0 Å². The predicted molar refractivity (Wildman–Crippen MR) is 44.0 cm³/mol. The van der Waals surface area contributed by atoms with Gasteiger partial charge in [0, 0.05) is 5.38 Å². The molecule has 2 aliphatic carbocycles. The van der Waals surface area contributed by atoms with Crippen LogP contribution in [-0.4, -0.2) is 10.7 Å². The van der Waals surface area contributed by atoms with E-state index in [9.17, 15) is 5.11 Å². The molecule has 60 valence electrons. The molecule has 2 rings (SSSR count). The van der Waals surface area contributed by atoms with Crippen molar-refractivity contribution >= 4 is 11.6 Å². The van der Waals surface area contributed by atoms with Crippen molar-refractivity contribution in [2.75, 3.05) is 0 Å². The molecule has 0 aromatic heterocycles. The monoisotopic (exact) mass is 170 g/mol. The number of hydrogen-bond donors (Lipinski definition) is 1. The molecule has 0 unspecified atom stereocenters. The third-order valence-electron chi connectivity index (χ3n) is 3.08. The number of aliphatic hydroxyl groups is 1. The summed E-state index contributed by atoms with van der Waals surface area (Å²) in [6.45, 7) is 0. The van der Waals surface area contributed by atoms with Crippen LogP contribution in [0.1, 0.15) is 25.7 Å². The molecule has 11 heavy (non-hydrogen) atoms. The van der Waals surface area contributed by atoms with Gasteiger partial charge in [-0.2, -0.15) is 0 Å². The fourth-order valence-electron chi connectivity index (χ4n) is 2.54. The number of halogens is 1. The van der Waals surface area contributed by atoms with Crippen LogP contribution >= 0.6 is 11.6 Å². The van der Waals surface area contributed by atoms with E-state index in [0.717, 1.165) is 19.3 Å². The van der Waals surface area contributed by atoms with Gasteiger partial charge in [-0.05, 0) is 49.1 Å². The van der Waals surface area contributed by atoms with Crippen molar-refractivity contribution in [1.82, 2.24) is 0 Å². The van der Waals surface area contributed by atoms with Crippen LogP contribution in [0, 0.1) is 23.1 Å².